The summed E-state index contributed by atoms with van der Waals surface area (Å²) in [4.78, 5) is 22.1. The Hall–Kier alpha value is -1.20. The molecule has 1 N–H and O–H groups in total. The SMILES string of the molecule is CC(C)(C)[Si](C)(C)O[C@H](/C=C/[C@H]1CC[C@H]2C/C(=C\CCC(=O)C(=O)O)C[C@@H]21)C1CCCCC1. The number of carbonyl (C=O) groups excluding carboxylic acids is 1. The largest absolute Gasteiger partial charge is 0.476 e. The number of carboxylic acid groups (broad SMARTS) is 1. The van der Waals surface area contributed by atoms with Gasteiger partial charge in [0.15, 0.2) is 8.32 Å². The first-order valence-corrected chi connectivity index (χ1v) is 16.2. The van der Waals surface area contributed by atoms with Crippen molar-refractivity contribution in [1.82, 2.24) is 0 Å². The Labute approximate surface area is 202 Å². The van der Waals surface area contributed by atoms with Crippen molar-refractivity contribution in [2.45, 2.75) is 116 Å². The molecule has 0 aromatic heterocycles. The molecular formula is C28H46O4Si. The molecule has 3 saturated carbocycles. The van der Waals surface area contributed by atoms with Crippen molar-refractivity contribution in [2.75, 3.05) is 0 Å². The van der Waals surface area contributed by atoms with Crippen LogP contribution in [0, 0.1) is 23.7 Å². The van der Waals surface area contributed by atoms with Crippen LogP contribution in [-0.2, 0) is 14.0 Å². The van der Waals surface area contributed by atoms with Crippen LogP contribution in [0.5, 0.6) is 0 Å². The van der Waals surface area contributed by atoms with Gasteiger partial charge in [0, 0.05) is 6.42 Å². The Bertz CT molecular complexity index is 754. The van der Waals surface area contributed by atoms with E-state index in [1.165, 1.54) is 50.5 Å². The molecule has 33 heavy (non-hydrogen) atoms. The lowest BCUT2D eigenvalue weighted by atomic mass is 9.84. The van der Waals surface area contributed by atoms with E-state index in [1.54, 1.807) is 0 Å². The fourth-order valence-corrected chi connectivity index (χ4v) is 7.23. The van der Waals surface area contributed by atoms with E-state index in [0.29, 0.717) is 24.2 Å². The van der Waals surface area contributed by atoms with Crippen LogP contribution in [-0.4, -0.2) is 31.3 Å². The van der Waals surface area contributed by atoms with Crippen molar-refractivity contribution in [2.24, 2.45) is 23.7 Å². The van der Waals surface area contributed by atoms with Crippen LogP contribution < -0.4 is 0 Å². The van der Waals surface area contributed by atoms with Crippen molar-refractivity contribution in [3.63, 3.8) is 0 Å². The van der Waals surface area contributed by atoms with Gasteiger partial charge in [-0.15, -0.1) is 0 Å². The van der Waals surface area contributed by atoms with Crippen LogP contribution in [0.1, 0.15) is 91.4 Å². The number of aliphatic carboxylic acids is 1. The molecule has 0 spiro atoms. The molecule has 0 unspecified atom stereocenters. The molecule has 0 radical (unpaired) electrons. The second-order valence-electron chi connectivity index (χ2n) is 12.3. The Morgan fingerprint density at radius 1 is 1.09 bits per heavy atom. The molecule has 3 fully saturated rings. The molecule has 0 amide bonds. The highest BCUT2D eigenvalue weighted by atomic mass is 28.4. The number of ketones is 1. The highest BCUT2D eigenvalue weighted by molar-refractivity contribution is 6.74. The Morgan fingerprint density at radius 3 is 2.42 bits per heavy atom. The van der Waals surface area contributed by atoms with Gasteiger partial charge >= 0.3 is 5.97 Å². The van der Waals surface area contributed by atoms with E-state index in [0.717, 1.165) is 18.8 Å². The fraction of sp³-hybridized carbons (Fsp3) is 0.786. The van der Waals surface area contributed by atoms with E-state index in [9.17, 15) is 9.59 Å². The van der Waals surface area contributed by atoms with Gasteiger partial charge in [0.25, 0.3) is 0 Å². The van der Waals surface area contributed by atoms with E-state index in [4.69, 9.17) is 9.53 Å². The number of Topliss-reactive ketones (excluding diaryl/α,β-unsaturated/α-hetero) is 1. The molecule has 0 heterocycles. The van der Waals surface area contributed by atoms with Gasteiger partial charge in [0.2, 0.25) is 5.78 Å². The molecule has 0 saturated heterocycles. The number of hydrogen-bond acceptors (Lipinski definition) is 3. The maximum Gasteiger partial charge on any atom is 0.372 e. The summed E-state index contributed by atoms with van der Waals surface area (Å²) in [5.74, 6) is 0.733. The smallest absolute Gasteiger partial charge is 0.372 e. The standard InChI is InChI=1S/C28H46O4Si/c1-28(2,3)33(4,5)32-26(22-11-7-6-8-12-22)17-16-21-14-15-23-18-20(19-24(21)23)10-9-13-25(29)27(30)31/h10,16-17,21-24,26H,6-9,11-15,18-19H2,1-5H3,(H,30,31)/b17-16+,20-10+/t21-,23+,24-,26-/m1/s1. The molecule has 5 heteroatoms. The first kappa shape index (κ1) is 26.4. The molecule has 0 aromatic rings. The zero-order chi connectivity index (χ0) is 24.2. The quantitative estimate of drug-likeness (QED) is 0.216. The molecule has 0 bridgehead atoms. The minimum absolute atomic E-state index is 0.116. The van der Waals surface area contributed by atoms with Gasteiger partial charge in [-0.05, 0) is 86.7 Å². The maximum absolute atomic E-state index is 11.4. The molecular weight excluding hydrogens is 428 g/mol. The number of carboxylic acids is 1. The van der Waals surface area contributed by atoms with Gasteiger partial charge < -0.3 is 9.53 Å². The van der Waals surface area contributed by atoms with Crippen molar-refractivity contribution in [3.05, 3.63) is 23.8 Å². The lowest BCUT2D eigenvalue weighted by Gasteiger charge is -2.41. The Balaban J connectivity index is 1.64. The van der Waals surface area contributed by atoms with Crippen molar-refractivity contribution >= 4 is 20.1 Å². The van der Waals surface area contributed by atoms with E-state index < -0.39 is 20.1 Å². The van der Waals surface area contributed by atoms with E-state index >= 15 is 0 Å². The minimum Gasteiger partial charge on any atom is -0.476 e. The van der Waals surface area contributed by atoms with Crippen LogP contribution in [0.15, 0.2) is 23.8 Å². The summed E-state index contributed by atoms with van der Waals surface area (Å²) >= 11 is 0. The predicted molar refractivity (Wildman–Crippen MR) is 137 cm³/mol. The number of hydrogen-bond donors (Lipinski definition) is 1. The van der Waals surface area contributed by atoms with Crippen LogP contribution in [0.3, 0.4) is 0 Å². The summed E-state index contributed by atoms with van der Waals surface area (Å²) in [6.45, 7) is 11.8. The molecule has 3 rings (SSSR count). The second-order valence-corrected chi connectivity index (χ2v) is 17.1. The van der Waals surface area contributed by atoms with Gasteiger partial charge in [0.05, 0.1) is 6.10 Å². The number of rotatable bonds is 9. The van der Waals surface area contributed by atoms with Crippen LogP contribution >= 0.6 is 0 Å². The molecule has 0 aliphatic heterocycles. The fourth-order valence-electron chi connectivity index (χ4n) is 5.92. The lowest BCUT2D eigenvalue weighted by molar-refractivity contribution is -0.149. The van der Waals surface area contributed by atoms with E-state index in [1.807, 2.05) is 0 Å². The minimum atomic E-state index is -1.83. The van der Waals surface area contributed by atoms with Gasteiger partial charge in [-0.25, -0.2) is 4.79 Å². The second kappa shape index (κ2) is 11.0. The summed E-state index contributed by atoms with van der Waals surface area (Å²) < 4.78 is 6.99. The zero-order valence-corrected chi connectivity index (χ0v) is 22.6. The van der Waals surface area contributed by atoms with Crippen molar-refractivity contribution < 1.29 is 19.1 Å². The Kier molecular flexibility index (Phi) is 8.82. The summed E-state index contributed by atoms with van der Waals surface area (Å²) in [5.41, 5.74) is 1.43. The van der Waals surface area contributed by atoms with Crippen LogP contribution in [0.25, 0.3) is 0 Å². The van der Waals surface area contributed by atoms with Crippen molar-refractivity contribution in [1.29, 1.82) is 0 Å². The third-order valence-electron chi connectivity index (χ3n) is 8.99. The molecule has 4 atom stereocenters. The van der Waals surface area contributed by atoms with Crippen LogP contribution in [0.4, 0.5) is 0 Å². The lowest BCUT2D eigenvalue weighted by Crippen LogP contribution is -2.45. The van der Waals surface area contributed by atoms with Gasteiger partial charge in [-0.1, -0.05) is 63.8 Å². The number of carbonyl (C=O) groups is 2. The van der Waals surface area contributed by atoms with Crippen molar-refractivity contribution in [3.8, 4) is 0 Å². The summed E-state index contributed by atoms with van der Waals surface area (Å²) in [6.07, 6.45) is 19.5. The third kappa shape index (κ3) is 6.91. The highest BCUT2D eigenvalue weighted by Crippen LogP contribution is 2.50. The van der Waals surface area contributed by atoms with E-state index in [2.05, 4.69) is 52.1 Å². The normalized spacial score (nSPS) is 29.0. The van der Waals surface area contributed by atoms with E-state index in [-0.39, 0.29) is 17.6 Å². The summed E-state index contributed by atoms with van der Waals surface area (Å²) in [7, 11) is -1.83. The first-order valence-electron chi connectivity index (χ1n) is 13.3. The Morgan fingerprint density at radius 2 is 1.79 bits per heavy atom. The van der Waals surface area contributed by atoms with Gasteiger partial charge in [-0.2, -0.15) is 0 Å². The average Bonchev–Trinajstić information content (AvgIpc) is 3.31. The molecule has 186 valence electrons. The molecule has 3 aliphatic rings. The average molecular weight is 475 g/mol. The molecule has 4 nitrogen and oxygen atoms in total. The third-order valence-corrected chi connectivity index (χ3v) is 13.5. The zero-order valence-electron chi connectivity index (χ0n) is 21.6. The number of allylic oxidation sites excluding steroid dienone is 3. The van der Waals surface area contributed by atoms with Gasteiger partial charge in [-0.3, -0.25) is 4.79 Å². The summed E-state index contributed by atoms with van der Waals surface area (Å²) in [6, 6.07) is 0. The highest BCUT2D eigenvalue weighted by Gasteiger charge is 2.42. The monoisotopic (exact) mass is 474 g/mol. The molecule has 3 aliphatic carbocycles. The van der Waals surface area contributed by atoms with Gasteiger partial charge in [0.1, 0.15) is 0 Å². The topological polar surface area (TPSA) is 63.6 Å². The predicted octanol–water partition coefficient (Wildman–Crippen LogP) is 7.31. The maximum atomic E-state index is 11.4. The molecule has 0 aromatic carbocycles. The first-order chi connectivity index (χ1) is 15.5. The summed E-state index contributed by atoms with van der Waals surface area (Å²) in [5, 5.41) is 8.99. The van der Waals surface area contributed by atoms with Crippen LogP contribution in [0.2, 0.25) is 18.1 Å². The number of fused-ring (bicyclic) bond motifs is 1.